The van der Waals surface area contributed by atoms with Gasteiger partial charge in [0.1, 0.15) is 24.7 Å². The van der Waals surface area contributed by atoms with Crippen LogP contribution in [0.5, 0.6) is 11.5 Å². The molecule has 0 saturated carbocycles. The molecule has 1 unspecified atom stereocenters. The van der Waals surface area contributed by atoms with Crippen molar-refractivity contribution in [3.05, 3.63) is 77.6 Å². The molecule has 7 heteroatoms. The zero-order chi connectivity index (χ0) is 25.3. The molecule has 6 rings (SSSR count). The van der Waals surface area contributed by atoms with Gasteiger partial charge < -0.3 is 24.4 Å². The van der Waals surface area contributed by atoms with E-state index in [-0.39, 0.29) is 5.41 Å². The van der Waals surface area contributed by atoms with Crippen LogP contribution in [0, 0.1) is 5.41 Å². The monoisotopic (exact) mass is 500 g/mol. The Balaban J connectivity index is 1.03. The van der Waals surface area contributed by atoms with E-state index < -0.39 is 0 Å². The van der Waals surface area contributed by atoms with Crippen molar-refractivity contribution in [2.45, 2.75) is 44.8 Å². The Morgan fingerprint density at radius 3 is 2.24 bits per heavy atom. The number of hydrogen-bond donors (Lipinski definition) is 1. The molecule has 1 spiro atoms. The van der Waals surface area contributed by atoms with Crippen LogP contribution in [0.25, 0.3) is 0 Å². The van der Waals surface area contributed by atoms with E-state index >= 15 is 0 Å². The summed E-state index contributed by atoms with van der Waals surface area (Å²) in [6, 6.07) is 19.3. The predicted molar refractivity (Wildman–Crippen MR) is 143 cm³/mol. The molecule has 0 radical (unpaired) electrons. The van der Waals surface area contributed by atoms with Crippen LogP contribution in [0.4, 0.5) is 5.95 Å². The van der Waals surface area contributed by atoms with Crippen molar-refractivity contribution in [1.29, 1.82) is 0 Å². The summed E-state index contributed by atoms with van der Waals surface area (Å²) in [5, 5.41) is 3.48. The molecule has 4 heterocycles. The molecule has 3 fully saturated rings. The van der Waals surface area contributed by atoms with Crippen LogP contribution >= 0.6 is 0 Å². The number of ether oxygens (including phenoxy) is 3. The van der Waals surface area contributed by atoms with Gasteiger partial charge in [-0.3, -0.25) is 0 Å². The molecule has 1 N–H and O–H groups in total. The van der Waals surface area contributed by atoms with Gasteiger partial charge in [0.25, 0.3) is 0 Å². The van der Waals surface area contributed by atoms with Crippen LogP contribution in [0.15, 0.2) is 60.8 Å². The van der Waals surface area contributed by atoms with E-state index in [4.69, 9.17) is 19.2 Å². The summed E-state index contributed by atoms with van der Waals surface area (Å²) in [6.45, 7) is 10.4. The Morgan fingerprint density at radius 1 is 0.973 bits per heavy atom. The lowest BCUT2D eigenvalue weighted by Crippen LogP contribution is -2.66. The minimum atomic E-state index is -0.133. The number of aromatic nitrogens is 2. The third-order valence-electron chi connectivity index (χ3n) is 8.00. The average Bonchev–Trinajstić information content (AvgIpc) is 3.39. The largest absolute Gasteiger partial charge is 0.492 e. The molecule has 3 aliphatic heterocycles. The molecule has 1 atom stereocenters. The number of benzene rings is 2. The molecule has 0 aliphatic carbocycles. The minimum Gasteiger partial charge on any atom is -0.492 e. The molecule has 3 aromatic rings. The van der Waals surface area contributed by atoms with Gasteiger partial charge in [0.05, 0.1) is 24.3 Å². The summed E-state index contributed by atoms with van der Waals surface area (Å²) >= 11 is 0. The van der Waals surface area contributed by atoms with Crippen LogP contribution < -0.4 is 19.7 Å². The number of hydrogen-bond acceptors (Lipinski definition) is 7. The third-order valence-corrected chi connectivity index (χ3v) is 8.00. The van der Waals surface area contributed by atoms with Gasteiger partial charge in [0, 0.05) is 30.7 Å². The number of rotatable bonds is 9. The van der Waals surface area contributed by atoms with Crippen molar-refractivity contribution in [3.63, 3.8) is 0 Å². The van der Waals surface area contributed by atoms with Gasteiger partial charge in [-0.25, -0.2) is 9.97 Å². The smallest absolute Gasteiger partial charge is 0.225 e. The molecule has 1 aromatic heterocycles. The molecule has 7 nitrogen and oxygen atoms in total. The highest BCUT2D eigenvalue weighted by Gasteiger charge is 2.49. The van der Waals surface area contributed by atoms with Crippen molar-refractivity contribution in [2.24, 2.45) is 5.41 Å². The molecule has 37 heavy (non-hydrogen) atoms. The van der Waals surface area contributed by atoms with Gasteiger partial charge in [-0.1, -0.05) is 38.1 Å². The van der Waals surface area contributed by atoms with Gasteiger partial charge in [0.2, 0.25) is 5.95 Å². The SMILES string of the molecule is CC(C)(c1ccc(OCc2ccnc(N3CC4(COC4)C3)n2)cc1)c1ccc(OCC2CCCN2)cc1. The zero-order valence-corrected chi connectivity index (χ0v) is 21.8. The van der Waals surface area contributed by atoms with Crippen molar-refractivity contribution < 1.29 is 14.2 Å². The molecule has 3 saturated heterocycles. The maximum absolute atomic E-state index is 6.06. The van der Waals surface area contributed by atoms with E-state index in [2.05, 4.69) is 65.4 Å². The maximum Gasteiger partial charge on any atom is 0.225 e. The standard InChI is InChI=1S/C30H36N4O3/c1-29(2,22-5-9-26(10-6-22)36-16-24-4-3-14-31-24)23-7-11-27(12-8-23)37-17-25-13-15-32-28(33-25)34-18-30(19-34)20-35-21-30/h5-13,15,24,31H,3-4,14,16-21H2,1-2H3. The molecular weight excluding hydrogens is 464 g/mol. The normalized spacial score (nSPS) is 20.4. The van der Waals surface area contributed by atoms with Crippen molar-refractivity contribution in [1.82, 2.24) is 15.3 Å². The van der Waals surface area contributed by atoms with Crippen LogP contribution in [0.1, 0.15) is 43.5 Å². The summed E-state index contributed by atoms with van der Waals surface area (Å²) in [6.07, 6.45) is 4.25. The summed E-state index contributed by atoms with van der Waals surface area (Å²) in [5.41, 5.74) is 3.58. The topological polar surface area (TPSA) is 68.7 Å². The summed E-state index contributed by atoms with van der Waals surface area (Å²) in [5.74, 6) is 2.54. The average molecular weight is 501 g/mol. The fraction of sp³-hybridized carbons (Fsp3) is 0.467. The molecular formula is C30H36N4O3. The Hall–Kier alpha value is -3.16. The summed E-state index contributed by atoms with van der Waals surface area (Å²) in [7, 11) is 0. The fourth-order valence-electron chi connectivity index (χ4n) is 5.45. The van der Waals surface area contributed by atoms with E-state index in [0.717, 1.165) is 62.6 Å². The van der Waals surface area contributed by atoms with Crippen LogP contribution in [0.2, 0.25) is 0 Å². The van der Waals surface area contributed by atoms with Gasteiger partial charge >= 0.3 is 0 Å². The van der Waals surface area contributed by atoms with Gasteiger partial charge in [-0.05, 0) is 60.8 Å². The second-order valence-electron chi connectivity index (χ2n) is 11.3. The van der Waals surface area contributed by atoms with Crippen molar-refractivity contribution in [2.75, 3.05) is 44.4 Å². The first-order chi connectivity index (χ1) is 18.0. The van der Waals surface area contributed by atoms with Gasteiger partial charge in [-0.15, -0.1) is 0 Å². The quantitative estimate of drug-likeness (QED) is 0.469. The van der Waals surface area contributed by atoms with E-state index in [0.29, 0.717) is 18.1 Å². The van der Waals surface area contributed by atoms with E-state index in [1.807, 2.05) is 24.4 Å². The highest BCUT2D eigenvalue weighted by atomic mass is 16.5. The first-order valence-corrected chi connectivity index (χ1v) is 13.3. The van der Waals surface area contributed by atoms with E-state index in [9.17, 15) is 0 Å². The lowest BCUT2D eigenvalue weighted by atomic mass is 9.78. The first-order valence-electron chi connectivity index (χ1n) is 13.3. The highest BCUT2D eigenvalue weighted by Crippen LogP contribution is 2.39. The van der Waals surface area contributed by atoms with Crippen LogP contribution in [-0.2, 0) is 16.8 Å². The first kappa shape index (κ1) is 24.2. The van der Waals surface area contributed by atoms with Crippen LogP contribution in [-0.4, -0.2) is 55.5 Å². The Labute approximate surface area is 219 Å². The minimum absolute atomic E-state index is 0.133. The molecule has 3 aliphatic rings. The number of nitrogens with zero attached hydrogens (tertiary/aromatic N) is 3. The Bertz CT molecular complexity index is 1190. The highest BCUT2D eigenvalue weighted by molar-refractivity contribution is 5.42. The second kappa shape index (κ2) is 9.95. The van der Waals surface area contributed by atoms with E-state index in [1.165, 1.54) is 24.0 Å². The van der Waals surface area contributed by atoms with Crippen LogP contribution in [0.3, 0.4) is 0 Å². The van der Waals surface area contributed by atoms with Crippen molar-refractivity contribution in [3.8, 4) is 11.5 Å². The van der Waals surface area contributed by atoms with Crippen molar-refractivity contribution >= 4 is 5.95 Å². The maximum atomic E-state index is 6.06. The van der Waals surface area contributed by atoms with E-state index in [1.54, 1.807) is 0 Å². The zero-order valence-electron chi connectivity index (χ0n) is 21.8. The molecule has 2 aromatic carbocycles. The fourth-order valence-corrected chi connectivity index (χ4v) is 5.45. The summed E-state index contributed by atoms with van der Waals surface area (Å²) in [4.78, 5) is 11.4. The number of nitrogens with one attached hydrogen (secondary N) is 1. The van der Waals surface area contributed by atoms with Gasteiger partial charge in [0.15, 0.2) is 0 Å². The summed E-state index contributed by atoms with van der Waals surface area (Å²) < 4.78 is 17.4. The third kappa shape index (κ3) is 5.15. The molecule has 0 bridgehead atoms. The number of anilines is 1. The lowest BCUT2D eigenvalue weighted by Gasteiger charge is -2.54. The predicted octanol–water partition coefficient (Wildman–Crippen LogP) is 4.35. The second-order valence-corrected chi connectivity index (χ2v) is 11.3. The molecule has 0 amide bonds. The Kier molecular flexibility index (Phi) is 6.51. The lowest BCUT2D eigenvalue weighted by molar-refractivity contribution is -0.127. The van der Waals surface area contributed by atoms with Gasteiger partial charge in [-0.2, -0.15) is 0 Å². The Morgan fingerprint density at radius 2 is 1.65 bits per heavy atom. The molecule has 194 valence electrons.